The van der Waals surface area contributed by atoms with Crippen LogP contribution >= 0.6 is 0 Å². The van der Waals surface area contributed by atoms with Gasteiger partial charge in [0.1, 0.15) is 23.6 Å². The van der Waals surface area contributed by atoms with Crippen molar-refractivity contribution in [2.75, 3.05) is 34.4 Å². The van der Waals surface area contributed by atoms with E-state index in [1.54, 1.807) is 38.6 Å². The summed E-state index contributed by atoms with van der Waals surface area (Å²) in [6.45, 7) is 10.1. The minimum atomic E-state index is -1.38. The number of methoxy groups -OCH3 is 2. The van der Waals surface area contributed by atoms with Crippen molar-refractivity contribution in [2.24, 2.45) is 11.8 Å². The highest BCUT2D eigenvalue weighted by Gasteiger charge is 2.51. The number of aliphatic hydroxyl groups is 1. The number of imidazole rings is 1. The van der Waals surface area contributed by atoms with E-state index < -0.39 is 16.9 Å². The van der Waals surface area contributed by atoms with Crippen LogP contribution < -0.4 is 14.5 Å². The molecule has 9 nitrogen and oxygen atoms in total. The SMILES string of the molecule is C=CC1C[N+]2(C)CCC1C[C@@H]2[C@@H](O)c1ccnc2ccccc12.COc1ccc2[n-]c(S(=O)Cc3ncc(C)c(OC)c3C)nc2c1. The van der Waals surface area contributed by atoms with Crippen molar-refractivity contribution < 1.29 is 23.3 Å². The Morgan fingerprint density at radius 2 is 1.94 bits per heavy atom. The number of para-hydroxylation sites is 1. The number of quaternary nitrogens is 1. The molecule has 47 heavy (non-hydrogen) atoms. The molecule has 3 saturated heterocycles. The fourth-order valence-electron chi connectivity index (χ4n) is 7.43. The largest absolute Gasteiger partial charge is 0.497 e. The molecular formula is C37H43N5O4S. The molecule has 10 heteroatoms. The summed E-state index contributed by atoms with van der Waals surface area (Å²) in [6.07, 6.45) is 7.60. The third-order valence-electron chi connectivity index (χ3n) is 10.1. The number of aliphatic hydroxyl groups excluding tert-OH is 1. The first-order chi connectivity index (χ1) is 22.6. The lowest BCUT2D eigenvalue weighted by molar-refractivity contribution is -0.956. The Labute approximate surface area is 278 Å². The van der Waals surface area contributed by atoms with Crippen molar-refractivity contribution in [1.29, 1.82) is 0 Å². The van der Waals surface area contributed by atoms with Crippen LogP contribution in [-0.4, -0.2) is 69.1 Å². The lowest BCUT2D eigenvalue weighted by Gasteiger charge is -2.56. The molecule has 5 aromatic rings. The Balaban J connectivity index is 0.000000164. The van der Waals surface area contributed by atoms with E-state index in [0.29, 0.717) is 33.8 Å². The topological polar surface area (TPSA) is 109 Å². The minimum absolute atomic E-state index is 0.246. The number of aryl methyl sites for hydroxylation is 1. The first kappa shape index (κ1) is 32.8. The number of rotatable bonds is 8. The molecule has 4 unspecified atom stereocenters. The molecule has 6 heterocycles. The third kappa shape index (κ3) is 6.42. The zero-order chi connectivity index (χ0) is 33.3. The number of likely N-dealkylation sites (N-methyl/N-ethyl adjacent to an activating group) is 1. The maximum Gasteiger partial charge on any atom is 0.131 e. The van der Waals surface area contributed by atoms with Crippen LogP contribution in [-0.2, 0) is 16.6 Å². The predicted octanol–water partition coefficient (Wildman–Crippen LogP) is 5.84. The van der Waals surface area contributed by atoms with Crippen molar-refractivity contribution in [3.63, 3.8) is 0 Å². The van der Waals surface area contributed by atoms with Gasteiger partial charge in [-0.25, -0.2) is 0 Å². The quantitative estimate of drug-likeness (QED) is 0.165. The molecule has 0 amide bonds. The molecule has 2 bridgehead atoms. The van der Waals surface area contributed by atoms with E-state index in [1.165, 1.54) is 13.0 Å². The van der Waals surface area contributed by atoms with Crippen LogP contribution in [0.25, 0.3) is 21.9 Å². The first-order valence-corrected chi connectivity index (χ1v) is 17.3. The van der Waals surface area contributed by atoms with Crippen molar-refractivity contribution in [3.05, 3.63) is 96.0 Å². The fourth-order valence-corrected chi connectivity index (χ4v) is 8.50. The van der Waals surface area contributed by atoms with Crippen LogP contribution in [0.5, 0.6) is 11.5 Å². The molecule has 0 saturated carbocycles. The van der Waals surface area contributed by atoms with Gasteiger partial charge in [0.05, 0.1) is 62.1 Å². The lowest BCUT2D eigenvalue weighted by Crippen LogP contribution is -2.66. The number of ether oxygens (including phenoxy) is 2. The average molecular weight is 654 g/mol. The number of pyridine rings is 2. The summed E-state index contributed by atoms with van der Waals surface area (Å²) in [5, 5.41) is 12.6. The fraction of sp³-hybridized carbons (Fsp3) is 0.378. The summed E-state index contributed by atoms with van der Waals surface area (Å²) in [5.41, 5.74) is 5.93. The third-order valence-corrected chi connectivity index (χ3v) is 11.2. The van der Waals surface area contributed by atoms with Crippen LogP contribution in [0.2, 0.25) is 0 Å². The first-order valence-electron chi connectivity index (χ1n) is 16.0. The van der Waals surface area contributed by atoms with Crippen LogP contribution in [0.4, 0.5) is 0 Å². The average Bonchev–Trinajstić information content (AvgIpc) is 3.53. The standard InChI is InChI=1S/C20H25N2O.C17H18N3O3S/c1-3-14-13-22(2)11-9-15(14)12-19(22)20(23)17-8-10-21-18-7-5-4-6-16(17)18;1-10-8-18-15(11(2)16(10)23-4)9-24(21)17-19-13-6-5-12(22-3)7-14(13)20-17/h3-8,10,14-15,19-20,23H,1,9,11-13H2,2H3;5-8H,9H2,1-4H3/q+1;-1/t14?,15?,19-,20+,22?;/m1./s1. The highest BCUT2D eigenvalue weighted by atomic mass is 32.2. The van der Waals surface area contributed by atoms with Crippen LogP contribution in [0.15, 0.2) is 78.7 Å². The Morgan fingerprint density at radius 1 is 1.13 bits per heavy atom. The summed E-state index contributed by atoms with van der Waals surface area (Å²) in [6, 6.07) is 15.8. The predicted molar refractivity (Wildman–Crippen MR) is 185 cm³/mol. The number of piperidine rings is 3. The molecular weight excluding hydrogens is 611 g/mol. The number of hydrogen-bond acceptors (Lipinski definition) is 7. The monoisotopic (exact) mass is 653 g/mol. The molecule has 0 spiro atoms. The summed E-state index contributed by atoms with van der Waals surface area (Å²) in [4.78, 5) is 17.5. The number of aromatic nitrogens is 4. The molecule has 3 aliphatic heterocycles. The molecule has 2 aromatic carbocycles. The second-order valence-electron chi connectivity index (χ2n) is 12.9. The summed E-state index contributed by atoms with van der Waals surface area (Å²) < 4.78 is 24.2. The summed E-state index contributed by atoms with van der Waals surface area (Å²) in [7, 11) is 4.14. The number of nitrogens with zero attached hydrogens (tertiary/aromatic N) is 5. The number of benzene rings is 2. The maximum absolute atomic E-state index is 12.6. The van der Waals surface area contributed by atoms with Crippen LogP contribution in [0.1, 0.15) is 41.3 Å². The van der Waals surface area contributed by atoms with Gasteiger partial charge in [0, 0.05) is 52.8 Å². The van der Waals surface area contributed by atoms with E-state index >= 15 is 0 Å². The lowest BCUT2D eigenvalue weighted by atomic mass is 9.72. The van der Waals surface area contributed by atoms with Crippen molar-refractivity contribution >= 4 is 32.7 Å². The molecule has 1 N–H and O–H groups in total. The van der Waals surface area contributed by atoms with E-state index in [9.17, 15) is 9.32 Å². The zero-order valence-corrected chi connectivity index (χ0v) is 28.5. The summed E-state index contributed by atoms with van der Waals surface area (Å²) >= 11 is 0. The van der Waals surface area contributed by atoms with Gasteiger partial charge < -0.3 is 29.0 Å². The van der Waals surface area contributed by atoms with Gasteiger partial charge in [-0.2, -0.15) is 0 Å². The van der Waals surface area contributed by atoms with Gasteiger partial charge in [0.15, 0.2) is 0 Å². The van der Waals surface area contributed by atoms with E-state index in [4.69, 9.17) is 9.47 Å². The molecule has 0 aliphatic carbocycles. The van der Waals surface area contributed by atoms with E-state index in [-0.39, 0.29) is 11.8 Å². The molecule has 3 fully saturated rings. The highest BCUT2D eigenvalue weighted by molar-refractivity contribution is 7.84. The number of hydrogen-bond donors (Lipinski definition) is 1. The second kappa shape index (κ2) is 13.5. The van der Waals surface area contributed by atoms with Gasteiger partial charge in [-0.05, 0) is 60.6 Å². The second-order valence-corrected chi connectivity index (χ2v) is 14.2. The molecule has 6 atom stereocenters. The van der Waals surface area contributed by atoms with E-state index in [1.807, 2.05) is 44.3 Å². The van der Waals surface area contributed by atoms with E-state index in [2.05, 4.69) is 45.7 Å². The van der Waals surface area contributed by atoms with Crippen molar-refractivity contribution in [3.8, 4) is 11.5 Å². The normalized spacial score (nSPS) is 23.1. The van der Waals surface area contributed by atoms with Crippen LogP contribution in [0.3, 0.4) is 0 Å². The van der Waals surface area contributed by atoms with Crippen LogP contribution in [0, 0.1) is 25.7 Å². The van der Waals surface area contributed by atoms with Gasteiger partial charge in [-0.15, -0.1) is 6.58 Å². The van der Waals surface area contributed by atoms with Gasteiger partial charge in [0.2, 0.25) is 0 Å². The maximum atomic E-state index is 12.6. The smallest absolute Gasteiger partial charge is 0.131 e. The Hall–Kier alpha value is -4.12. The van der Waals surface area contributed by atoms with Gasteiger partial charge in [-0.3, -0.25) is 14.2 Å². The van der Waals surface area contributed by atoms with Crippen molar-refractivity contribution in [2.45, 2.75) is 49.7 Å². The van der Waals surface area contributed by atoms with Crippen molar-refractivity contribution in [1.82, 2.24) is 19.9 Å². The minimum Gasteiger partial charge on any atom is -0.497 e. The van der Waals surface area contributed by atoms with Gasteiger partial charge >= 0.3 is 0 Å². The molecule has 0 radical (unpaired) electrons. The molecule has 3 aromatic heterocycles. The Kier molecular flexibility index (Phi) is 9.46. The Bertz CT molecular complexity index is 1940. The molecule has 246 valence electrons. The number of fused-ring (bicyclic) bond motifs is 5. The molecule has 8 rings (SSSR count). The molecule has 3 aliphatic rings. The van der Waals surface area contributed by atoms with E-state index in [0.717, 1.165) is 56.5 Å². The zero-order valence-electron chi connectivity index (χ0n) is 27.7. The summed E-state index contributed by atoms with van der Waals surface area (Å²) in [5.74, 6) is 3.00. The Morgan fingerprint density at radius 3 is 2.68 bits per heavy atom. The van der Waals surface area contributed by atoms with Gasteiger partial charge in [0.25, 0.3) is 0 Å². The van der Waals surface area contributed by atoms with Gasteiger partial charge in [-0.1, -0.05) is 30.3 Å². The highest BCUT2D eigenvalue weighted by Crippen LogP contribution is 2.45.